The summed E-state index contributed by atoms with van der Waals surface area (Å²) < 4.78 is 0. The fourth-order valence-electron chi connectivity index (χ4n) is 3.81. The Labute approximate surface area is 72.8 Å². The zero-order valence-electron chi connectivity index (χ0n) is 7.20. The summed E-state index contributed by atoms with van der Waals surface area (Å²) in [6, 6.07) is 0. The minimum absolute atomic E-state index is 0.0966. The van der Waals surface area contributed by atoms with Crippen molar-refractivity contribution < 1.29 is 4.79 Å². The molecular formula is C11H14O. The van der Waals surface area contributed by atoms with Crippen LogP contribution in [-0.4, -0.2) is 6.29 Å². The van der Waals surface area contributed by atoms with Crippen LogP contribution < -0.4 is 0 Å². The quantitative estimate of drug-likeness (QED) is 0.426. The lowest BCUT2D eigenvalue weighted by Gasteiger charge is -2.30. The Kier molecular flexibility index (Phi) is 1.15. The van der Waals surface area contributed by atoms with Gasteiger partial charge in [-0.2, -0.15) is 0 Å². The van der Waals surface area contributed by atoms with Crippen molar-refractivity contribution in [2.45, 2.75) is 25.7 Å². The fourth-order valence-corrected chi connectivity index (χ4v) is 3.81. The van der Waals surface area contributed by atoms with Crippen LogP contribution in [0.2, 0.25) is 0 Å². The zero-order valence-corrected chi connectivity index (χ0v) is 7.20. The van der Waals surface area contributed by atoms with Crippen molar-refractivity contribution in [1.82, 2.24) is 0 Å². The van der Waals surface area contributed by atoms with Crippen LogP contribution in [0.5, 0.6) is 0 Å². The first kappa shape index (κ1) is 6.88. The second kappa shape index (κ2) is 2.01. The number of hydrogen-bond donors (Lipinski definition) is 0. The van der Waals surface area contributed by atoms with E-state index in [9.17, 15) is 4.79 Å². The number of carbonyl (C=O) groups excluding carboxylic acids is 1. The van der Waals surface area contributed by atoms with E-state index in [0.29, 0.717) is 11.8 Å². The van der Waals surface area contributed by atoms with Gasteiger partial charge in [0, 0.05) is 5.41 Å². The smallest absolute Gasteiger partial charge is 0.127 e. The van der Waals surface area contributed by atoms with Gasteiger partial charge in [-0.25, -0.2) is 0 Å². The minimum Gasteiger partial charge on any atom is -0.303 e. The molecule has 0 saturated heterocycles. The van der Waals surface area contributed by atoms with E-state index in [1.807, 2.05) is 0 Å². The molecule has 0 amide bonds. The van der Waals surface area contributed by atoms with Gasteiger partial charge in [-0.1, -0.05) is 18.6 Å². The van der Waals surface area contributed by atoms with E-state index >= 15 is 0 Å². The monoisotopic (exact) mass is 162 g/mol. The Balaban J connectivity index is 2.08. The lowest BCUT2D eigenvalue weighted by atomic mass is 9.72. The van der Waals surface area contributed by atoms with Crippen LogP contribution in [0.25, 0.3) is 0 Å². The molecule has 3 aliphatic rings. The third kappa shape index (κ3) is 0.562. The molecule has 2 fully saturated rings. The molecule has 0 heterocycles. The van der Waals surface area contributed by atoms with Crippen LogP contribution in [0.4, 0.5) is 0 Å². The number of carbonyl (C=O) groups is 1. The maximum atomic E-state index is 11.2. The van der Waals surface area contributed by atoms with E-state index in [4.69, 9.17) is 0 Å². The molecule has 3 aliphatic carbocycles. The summed E-state index contributed by atoms with van der Waals surface area (Å²) in [5, 5.41) is 0. The number of aldehydes is 1. The molecule has 0 aromatic heterocycles. The predicted octanol–water partition coefficient (Wildman–Crippen LogP) is 2.18. The van der Waals surface area contributed by atoms with Crippen molar-refractivity contribution in [3.05, 3.63) is 12.2 Å². The normalized spacial score (nSPS) is 54.5. The first-order valence-electron chi connectivity index (χ1n) is 5.01. The van der Waals surface area contributed by atoms with Gasteiger partial charge >= 0.3 is 0 Å². The summed E-state index contributed by atoms with van der Waals surface area (Å²) in [7, 11) is 0. The molecule has 0 aliphatic heterocycles. The molecule has 4 atom stereocenters. The molecule has 0 aromatic carbocycles. The molecule has 2 bridgehead atoms. The lowest BCUT2D eigenvalue weighted by Crippen LogP contribution is -2.31. The summed E-state index contributed by atoms with van der Waals surface area (Å²) in [6.07, 6.45) is 10.9. The van der Waals surface area contributed by atoms with Crippen LogP contribution in [0.3, 0.4) is 0 Å². The number of fused-ring (bicyclic) bond motifs is 5. The van der Waals surface area contributed by atoms with Crippen molar-refractivity contribution in [3.8, 4) is 0 Å². The highest BCUT2D eigenvalue weighted by Crippen LogP contribution is 2.62. The first-order chi connectivity index (χ1) is 5.87. The number of allylic oxidation sites excluding steroid dienone is 2. The standard InChI is InChI=1S/C11H14O/c12-7-11-5-1-2-10(11)8-3-4-9(11)6-8/h3-4,7-10H,1-2,5-6H2/t8-,9-,10?,11-/m0/s1. The van der Waals surface area contributed by atoms with E-state index in [-0.39, 0.29) is 5.41 Å². The first-order valence-corrected chi connectivity index (χ1v) is 5.01. The molecule has 0 aromatic rings. The van der Waals surface area contributed by atoms with E-state index in [1.165, 1.54) is 25.5 Å². The summed E-state index contributed by atoms with van der Waals surface area (Å²) >= 11 is 0. The summed E-state index contributed by atoms with van der Waals surface area (Å²) in [5.74, 6) is 2.07. The third-order valence-corrected chi connectivity index (χ3v) is 4.36. The topological polar surface area (TPSA) is 17.1 Å². The van der Waals surface area contributed by atoms with Gasteiger partial charge in [-0.15, -0.1) is 0 Å². The minimum atomic E-state index is 0.0966. The van der Waals surface area contributed by atoms with E-state index in [0.717, 1.165) is 12.3 Å². The Hall–Kier alpha value is -0.590. The van der Waals surface area contributed by atoms with Gasteiger partial charge in [0.2, 0.25) is 0 Å². The highest BCUT2D eigenvalue weighted by molar-refractivity contribution is 5.64. The second-order valence-electron chi connectivity index (χ2n) is 4.62. The van der Waals surface area contributed by atoms with Gasteiger partial charge in [0.05, 0.1) is 0 Å². The second-order valence-corrected chi connectivity index (χ2v) is 4.62. The van der Waals surface area contributed by atoms with Gasteiger partial charge in [-0.05, 0) is 37.0 Å². The summed E-state index contributed by atoms with van der Waals surface area (Å²) in [6.45, 7) is 0. The Bertz CT molecular complexity index is 256. The van der Waals surface area contributed by atoms with Crippen molar-refractivity contribution >= 4 is 6.29 Å². The van der Waals surface area contributed by atoms with Crippen LogP contribution in [0.15, 0.2) is 12.2 Å². The molecule has 0 N–H and O–H groups in total. The maximum absolute atomic E-state index is 11.2. The Morgan fingerprint density at radius 3 is 3.08 bits per heavy atom. The maximum Gasteiger partial charge on any atom is 0.127 e. The van der Waals surface area contributed by atoms with Crippen LogP contribution in [-0.2, 0) is 4.79 Å². The molecule has 1 nitrogen and oxygen atoms in total. The molecule has 3 rings (SSSR count). The molecule has 1 heteroatoms. The Morgan fingerprint density at radius 1 is 1.42 bits per heavy atom. The largest absolute Gasteiger partial charge is 0.303 e. The highest BCUT2D eigenvalue weighted by Gasteiger charge is 2.57. The van der Waals surface area contributed by atoms with Gasteiger partial charge in [-0.3, -0.25) is 0 Å². The van der Waals surface area contributed by atoms with Crippen molar-refractivity contribution in [1.29, 1.82) is 0 Å². The summed E-state index contributed by atoms with van der Waals surface area (Å²) in [4.78, 5) is 11.2. The van der Waals surface area contributed by atoms with E-state index in [2.05, 4.69) is 12.2 Å². The number of rotatable bonds is 1. The molecule has 1 unspecified atom stereocenters. The fraction of sp³-hybridized carbons (Fsp3) is 0.727. The lowest BCUT2D eigenvalue weighted by molar-refractivity contribution is -0.118. The molecule has 0 radical (unpaired) electrons. The van der Waals surface area contributed by atoms with Crippen LogP contribution >= 0.6 is 0 Å². The van der Waals surface area contributed by atoms with Crippen molar-refractivity contribution in [3.63, 3.8) is 0 Å². The van der Waals surface area contributed by atoms with Gasteiger partial charge in [0.25, 0.3) is 0 Å². The average molecular weight is 162 g/mol. The summed E-state index contributed by atoms with van der Waals surface area (Å²) in [5.41, 5.74) is 0.0966. The van der Waals surface area contributed by atoms with Crippen LogP contribution in [0.1, 0.15) is 25.7 Å². The Morgan fingerprint density at radius 2 is 2.33 bits per heavy atom. The predicted molar refractivity (Wildman–Crippen MR) is 46.6 cm³/mol. The van der Waals surface area contributed by atoms with Gasteiger partial charge in [0.1, 0.15) is 6.29 Å². The van der Waals surface area contributed by atoms with Crippen LogP contribution in [0, 0.1) is 23.2 Å². The van der Waals surface area contributed by atoms with Gasteiger partial charge in [0.15, 0.2) is 0 Å². The average Bonchev–Trinajstić information content (AvgIpc) is 2.76. The number of hydrogen-bond acceptors (Lipinski definition) is 1. The SMILES string of the molecule is O=C[C@]12CCCC1[C@H]1C=C[C@H]2C1. The van der Waals surface area contributed by atoms with Crippen molar-refractivity contribution in [2.75, 3.05) is 0 Å². The van der Waals surface area contributed by atoms with Crippen molar-refractivity contribution in [2.24, 2.45) is 23.2 Å². The highest BCUT2D eigenvalue weighted by atomic mass is 16.1. The van der Waals surface area contributed by atoms with Gasteiger partial charge < -0.3 is 4.79 Å². The van der Waals surface area contributed by atoms with E-state index < -0.39 is 0 Å². The molecule has 2 saturated carbocycles. The molecule has 64 valence electrons. The third-order valence-electron chi connectivity index (χ3n) is 4.36. The molecular weight excluding hydrogens is 148 g/mol. The molecule has 12 heavy (non-hydrogen) atoms. The van der Waals surface area contributed by atoms with E-state index in [1.54, 1.807) is 0 Å². The molecule has 0 spiro atoms. The zero-order chi connectivity index (χ0) is 8.18.